The lowest BCUT2D eigenvalue weighted by molar-refractivity contribution is 0.565. The van der Waals surface area contributed by atoms with Crippen molar-refractivity contribution in [2.24, 2.45) is 4.99 Å². The first-order valence-electron chi connectivity index (χ1n) is 3.38. The lowest BCUT2D eigenvalue weighted by atomic mass is 10.3. The molecule has 0 unspecified atom stereocenters. The van der Waals surface area contributed by atoms with Gasteiger partial charge in [0.15, 0.2) is 0 Å². The maximum Gasteiger partial charge on any atom is 0.240 e. The van der Waals surface area contributed by atoms with Crippen LogP contribution in [-0.4, -0.2) is 6.08 Å². The number of hydrogen-bond donors (Lipinski definition) is 0. The Bertz CT molecular complexity index is 230. The molecule has 0 amide bonds. The van der Waals surface area contributed by atoms with Gasteiger partial charge in [-0.2, -0.15) is 4.99 Å². The summed E-state index contributed by atoms with van der Waals surface area (Å²) in [4.78, 5) is 13.3. The molecule has 0 saturated carbocycles. The average molecular weight is 149 g/mol. The number of rotatable bonds is 3. The fourth-order valence-electron chi connectivity index (χ4n) is 0.516. The highest BCUT2D eigenvalue weighted by Crippen LogP contribution is 1.96. The van der Waals surface area contributed by atoms with Crippen molar-refractivity contribution in [3.63, 3.8) is 0 Å². The van der Waals surface area contributed by atoms with Gasteiger partial charge < -0.3 is 0 Å². The van der Waals surface area contributed by atoms with Gasteiger partial charge >= 0.3 is 0 Å². The van der Waals surface area contributed by atoms with E-state index in [1.54, 1.807) is 12.2 Å². The van der Waals surface area contributed by atoms with Crippen LogP contribution in [0.2, 0.25) is 0 Å². The van der Waals surface area contributed by atoms with Gasteiger partial charge in [-0.15, -0.1) is 0 Å². The Hall–Kier alpha value is -1.40. The standard InChI is InChI=1S/C9H11NO/c1-3-5-6-7-9(4-2)10-8-11/h3-7H,1-2H3/b5-3-,7-6-,9-4+. The van der Waals surface area contributed by atoms with Crippen molar-refractivity contribution in [1.29, 1.82) is 0 Å². The first-order chi connectivity index (χ1) is 5.35. The van der Waals surface area contributed by atoms with Crippen LogP contribution in [0, 0.1) is 0 Å². The van der Waals surface area contributed by atoms with Crippen molar-refractivity contribution < 1.29 is 4.79 Å². The molecule has 0 aromatic rings. The Kier molecular flexibility index (Phi) is 5.86. The topological polar surface area (TPSA) is 29.4 Å². The fourth-order valence-corrected chi connectivity index (χ4v) is 0.516. The molecule has 0 saturated heterocycles. The molecule has 58 valence electrons. The van der Waals surface area contributed by atoms with Gasteiger partial charge in [-0.1, -0.05) is 24.3 Å². The van der Waals surface area contributed by atoms with Gasteiger partial charge in [-0.25, -0.2) is 4.79 Å². The minimum atomic E-state index is 0.623. The fraction of sp³-hybridized carbons (Fsp3) is 0.222. The molecular weight excluding hydrogens is 138 g/mol. The van der Waals surface area contributed by atoms with E-state index < -0.39 is 0 Å². The minimum Gasteiger partial charge on any atom is -0.211 e. The Morgan fingerprint density at radius 2 is 2.09 bits per heavy atom. The number of nitrogens with zero attached hydrogens (tertiary/aromatic N) is 1. The molecule has 2 nitrogen and oxygen atoms in total. The molecule has 0 radical (unpaired) electrons. The van der Waals surface area contributed by atoms with Crippen molar-refractivity contribution in [3.8, 4) is 0 Å². The van der Waals surface area contributed by atoms with Gasteiger partial charge in [-0.3, -0.25) is 0 Å². The van der Waals surface area contributed by atoms with Crippen molar-refractivity contribution in [3.05, 3.63) is 36.1 Å². The van der Waals surface area contributed by atoms with Crippen LogP contribution in [0.25, 0.3) is 0 Å². The summed E-state index contributed by atoms with van der Waals surface area (Å²) < 4.78 is 0. The highest BCUT2D eigenvalue weighted by molar-refractivity contribution is 5.39. The zero-order chi connectivity index (χ0) is 8.53. The molecule has 0 atom stereocenters. The maximum atomic E-state index is 9.82. The van der Waals surface area contributed by atoms with Crippen molar-refractivity contribution in [2.45, 2.75) is 13.8 Å². The normalized spacial score (nSPS) is 12.4. The minimum absolute atomic E-state index is 0.623. The number of allylic oxidation sites excluding steroid dienone is 5. The van der Waals surface area contributed by atoms with Crippen molar-refractivity contribution in [2.75, 3.05) is 0 Å². The molecule has 2 heteroatoms. The van der Waals surface area contributed by atoms with E-state index in [-0.39, 0.29) is 0 Å². The molecule has 0 aromatic carbocycles. The van der Waals surface area contributed by atoms with Crippen LogP contribution in [0.4, 0.5) is 0 Å². The molecular formula is C9H11NO. The van der Waals surface area contributed by atoms with Crippen LogP contribution in [0.5, 0.6) is 0 Å². The van der Waals surface area contributed by atoms with Crippen LogP contribution >= 0.6 is 0 Å². The molecule has 0 rings (SSSR count). The van der Waals surface area contributed by atoms with E-state index in [2.05, 4.69) is 4.99 Å². The Labute approximate surface area is 66.6 Å². The lowest BCUT2D eigenvalue weighted by Gasteiger charge is -1.83. The smallest absolute Gasteiger partial charge is 0.211 e. The van der Waals surface area contributed by atoms with E-state index in [4.69, 9.17) is 0 Å². The third-order valence-electron chi connectivity index (χ3n) is 1.04. The Morgan fingerprint density at radius 3 is 2.55 bits per heavy atom. The Morgan fingerprint density at radius 1 is 1.36 bits per heavy atom. The van der Waals surface area contributed by atoms with Crippen LogP contribution in [0.1, 0.15) is 13.8 Å². The van der Waals surface area contributed by atoms with E-state index in [0.717, 1.165) is 0 Å². The summed E-state index contributed by atoms with van der Waals surface area (Å²) in [6.45, 7) is 3.73. The van der Waals surface area contributed by atoms with Gasteiger partial charge in [0, 0.05) is 0 Å². The first kappa shape index (κ1) is 9.60. The van der Waals surface area contributed by atoms with Crippen LogP contribution in [0.3, 0.4) is 0 Å². The molecule has 0 aliphatic rings. The van der Waals surface area contributed by atoms with Gasteiger partial charge in [0.05, 0.1) is 5.70 Å². The summed E-state index contributed by atoms with van der Waals surface area (Å²) in [6.07, 6.45) is 10.5. The zero-order valence-electron chi connectivity index (χ0n) is 6.74. The van der Waals surface area contributed by atoms with Gasteiger partial charge in [0.25, 0.3) is 0 Å². The molecule has 0 aromatic heterocycles. The van der Waals surface area contributed by atoms with Crippen LogP contribution in [0.15, 0.2) is 41.1 Å². The number of isocyanates is 1. The number of carbonyl (C=O) groups excluding carboxylic acids is 1. The SMILES string of the molecule is C\C=C/C=C\C(=C/C)N=C=O. The van der Waals surface area contributed by atoms with Crippen molar-refractivity contribution >= 4 is 6.08 Å². The highest BCUT2D eigenvalue weighted by atomic mass is 16.1. The monoisotopic (exact) mass is 149 g/mol. The van der Waals surface area contributed by atoms with Gasteiger partial charge in [0.1, 0.15) is 0 Å². The average Bonchev–Trinajstić information content (AvgIpc) is 2.03. The second kappa shape index (κ2) is 6.72. The molecule has 0 heterocycles. The summed E-state index contributed by atoms with van der Waals surface area (Å²) in [5.41, 5.74) is 0.623. The third kappa shape index (κ3) is 5.07. The van der Waals surface area contributed by atoms with E-state index >= 15 is 0 Å². The third-order valence-corrected chi connectivity index (χ3v) is 1.04. The molecule has 0 aliphatic heterocycles. The van der Waals surface area contributed by atoms with Crippen LogP contribution < -0.4 is 0 Å². The summed E-state index contributed by atoms with van der Waals surface area (Å²) in [5.74, 6) is 0. The van der Waals surface area contributed by atoms with Crippen molar-refractivity contribution in [1.82, 2.24) is 0 Å². The quantitative estimate of drug-likeness (QED) is 0.344. The Balaban J connectivity index is 4.20. The second-order valence-corrected chi connectivity index (χ2v) is 1.80. The lowest BCUT2D eigenvalue weighted by Crippen LogP contribution is -1.67. The first-order valence-corrected chi connectivity index (χ1v) is 3.38. The second-order valence-electron chi connectivity index (χ2n) is 1.80. The highest BCUT2D eigenvalue weighted by Gasteiger charge is 1.80. The number of aliphatic imine (C=N–C) groups is 1. The molecule has 0 bridgehead atoms. The predicted octanol–water partition coefficient (Wildman–Crippen LogP) is 2.36. The summed E-state index contributed by atoms with van der Waals surface area (Å²) in [7, 11) is 0. The summed E-state index contributed by atoms with van der Waals surface area (Å²) in [6, 6.07) is 0. The number of hydrogen-bond acceptors (Lipinski definition) is 2. The molecule has 11 heavy (non-hydrogen) atoms. The summed E-state index contributed by atoms with van der Waals surface area (Å²) >= 11 is 0. The molecule has 0 N–H and O–H groups in total. The van der Waals surface area contributed by atoms with E-state index in [9.17, 15) is 4.79 Å². The molecule has 0 fully saturated rings. The van der Waals surface area contributed by atoms with Gasteiger partial charge in [0.2, 0.25) is 6.08 Å². The zero-order valence-corrected chi connectivity index (χ0v) is 6.74. The van der Waals surface area contributed by atoms with E-state index in [1.807, 2.05) is 32.1 Å². The molecule has 0 spiro atoms. The van der Waals surface area contributed by atoms with E-state index in [1.165, 1.54) is 6.08 Å². The molecule has 0 aliphatic carbocycles. The van der Waals surface area contributed by atoms with E-state index in [0.29, 0.717) is 5.70 Å². The summed E-state index contributed by atoms with van der Waals surface area (Å²) in [5, 5.41) is 0. The predicted molar refractivity (Wildman–Crippen MR) is 45.8 cm³/mol. The van der Waals surface area contributed by atoms with Gasteiger partial charge in [-0.05, 0) is 19.9 Å². The maximum absolute atomic E-state index is 9.82. The largest absolute Gasteiger partial charge is 0.240 e. The van der Waals surface area contributed by atoms with Crippen LogP contribution in [-0.2, 0) is 4.79 Å².